The predicted molar refractivity (Wildman–Crippen MR) is 77.8 cm³/mol. The average Bonchev–Trinajstić information content (AvgIpc) is 3.00. The van der Waals surface area contributed by atoms with Crippen molar-refractivity contribution in [2.75, 3.05) is 13.2 Å². The molecule has 2 rings (SSSR count). The number of aliphatic hydroxyl groups excluding tert-OH is 1. The van der Waals surface area contributed by atoms with Crippen molar-refractivity contribution in [3.05, 3.63) is 35.4 Å². The fourth-order valence-electron chi connectivity index (χ4n) is 2.92. The Balaban J connectivity index is 2.07. The number of carbonyl (C=O) groups is 1. The molecule has 5 heteroatoms. The van der Waals surface area contributed by atoms with Gasteiger partial charge in [-0.05, 0) is 30.5 Å². The van der Waals surface area contributed by atoms with Gasteiger partial charge in [-0.1, -0.05) is 25.0 Å². The van der Waals surface area contributed by atoms with Crippen molar-refractivity contribution in [2.24, 2.45) is 5.84 Å². The summed E-state index contributed by atoms with van der Waals surface area (Å²) in [6, 6.07) is 8.03. The lowest BCUT2D eigenvalue weighted by molar-refractivity contribution is 0.0953. The summed E-state index contributed by atoms with van der Waals surface area (Å²) in [5.41, 5.74) is 3.79. The minimum absolute atomic E-state index is 0.166. The van der Waals surface area contributed by atoms with E-state index in [1.165, 1.54) is 25.7 Å². The van der Waals surface area contributed by atoms with Gasteiger partial charge in [0.2, 0.25) is 0 Å². The summed E-state index contributed by atoms with van der Waals surface area (Å²) in [7, 11) is 0. The third-order valence-electron chi connectivity index (χ3n) is 3.93. The van der Waals surface area contributed by atoms with Crippen LogP contribution in [0, 0.1) is 0 Å². The van der Waals surface area contributed by atoms with Crippen molar-refractivity contribution in [1.82, 2.24) is 10.3 Å². The summed E-state index contributed by atoms with van der Waals surface area (Å²) in [6.45, 7) is 1.61. The van der Waals surface area contributed by atoms with Crippen LogP contribution in [0.3, 0.4) is 0 Å². The largest absolute Gasteiger partial charge is 0.395 e. The molecule has 0 saturated heterocycles. The number of hydrogen-bond donors (Lipinski definition) is 3. The van der Waals surface area contributed by atoms with Crippen molar-refractivity contribution in [1.29, 1.82) is 0 Å². The predicted octanol–water partition coefficient (Wildman–Crippen LogP) is 1.03. The van der Waals surface area contributed by atoms with Crippen LogP contribution in [-0.2, 0) is 6.54 Å². The zero-order valence-corrected chi connectivity index (χ0v) is 11.7. The number of amides is 1. The number of rotatable bonds is 6. The fraction of sp³-hybridized carbons (Fsp3) is 0.533. The molecule has 110 valence electrons. The number of aliphatic hydroxyl groups is 1. The van der Waals surface area contributed by atoms with E-state index in [2.05, 4.69) is 10.3 Å². The van der Waals surface area contributed by atoms with Crippen LogP contribution in [-0.4, -0.2) is 35.1 Å². The highest BCUT2D eigenvalue weighted by Crippen LogP contribution is 2.24. The van der Waals surface area contributed by atoms with Gasteiger partial charge in [-0.15, -0.1) is 0 Å². The van der Waals surface area contributed by atoms with Gasteiger partial charge in [-0.25, -0.2) is 5.84 Å². The minimum atomic E-state index is -0.276. The molecule has 0 atom stereocenters. The van der Waals surface area contributed by atoms with Gasteiger partial charge in [0.15, 0.2) is 0 Å². The van der Waals surface area contributed by atoms with Crippen LogP contribution in [0.25, 0.3) is 0 Å². The number of hydrazine groups is 1. The van der Waals surface area contributed by atoms with E-state index in [-0.39, 0.29) is 12.5 Å². The molecular weight excluding hydrogens is 254 g/mol. The van der Waals surface area contributed by atoms with Gasteiger partial charge in [-0.3, -0.25) is 15.1 Å². The number of nitrogens with zero attached hydrogens (tertiary/aromatic N) is 1. The number of benzene rings is 1. The van der Waals surface area contributed by atoms with Crippen LogP contribution in [0.15, 0.2) is 24.3 Å². The van der Waals surface area contributed by atoms with E-state index in [9.17, 15) is 9.90 Å². The Morgan fingerprint density at radius 2 is 2.15 bits per heavy atom. The first kappa shape index (κ1) is 15.0. The third kappa shape index (κ3) is 3.79. The molecule has 0 unspecified atom stereocenters. The lowest BCUT2D eigenvalue weighted by Gasteiger charge is -2.28. The van der Waals surface area contributed by atoms with Crippen molar-refractivity contribution >= 4 is 5.91 Å². The number of carbonyl (C=O) groups excluding carboxylic acids is 1. The molecule has 0 bridgehead atoms. The zero-order chi connectivity index (χ0) is 14.4. The Bertz CT molecular complexity index is 444. The molecule has 1 fully saturated rings. The molecule has 20 heavy (non-hydrogen) atoms. The highest BCUT2D eigenvalue weighted by molar-refractivity contribution is 5.93. The first-order valence-electron chi connectivity index (χ1n) is 7.19. The topological polar surface area (TPSA) is 78.6 Å². The van der Waals surface area contributed by atoms with Crippen LogP contribution in [0.4, 0.5) is 0 Å². The van der Waals surface area contributed by atoms with Gasteiger partial charge in [0.05, 0.1) is 6.61 Å². The number of nitrogens with two attached hydrogens (primary N) is 1. The van der Waals surface area contributed by atoms with Gasteiger partial charge < -0.3 is 5.11 Å². The van der Waals surface area contributed by atoms with E-state index in [1.807, 2.05) is 18.2 Å². The quantitative estimate of drug-likeness (QED) is 0.412. The molecule has 1 aliphatic carbocycles. The molecule has 5 nitrogen and oxygen atoms in total. The highest BCUT2D eigenvalue weighted by Gasteiger charge is 2.22. The molecule has 1 amide bonds. The molecule has 1 aliphatic rings. The van der Waals surface area contributed by atoms with Gasteiger partial charge in [-0.2, -0.15) is 0 Å². The molecule has 0 aromatic heterocycles. The molecule has 1 aromatic carbocycles. The lowest BCUT2D eigenvalue weighted by atomic mass is 10.1. The van der Waals surface area contributed by atoms with E-state index in [0.29, 0.717) is 18.2 Å². The SMILES string of the molecule is NNC(=O)c1cccc(CN(CCO)C2CCCC2)c1. The zero-order valence-electron chi connectivity index (χ0n) is 11.7. The van der Waals surface area contributed by atoms with Crippen LogP contribution < -0.4 is 11.3 Å². The van der Waals surface area contributed by atoms with Gasteiger partial charge >= 0.3 is 0 Å². The Morgan fingerprint density at radius 3 is 2.80 bits per heavy atom. The van der Waals surface area contributed by atoms with E-state index in [0.717, 1.165) is 12.1 Å². The van der Waals surface area contributed by atoms with Crippen LogP contribution >= 0.6 is 0 Å². The van der Waals surface area contributed by atoms with E-state index in [4.69, 9.17) is 5.84 Å². The van der Waals surface area contributed by atoms with Gasteiger partial charge in [0.1, 0.15) is 0 Å². The van der Waals surface area contributed by atoms with Gasteiger partial charge in [0.25, 0.3) is 5.91 Å². The summed E-state index contributed by atoms with van der Waals surface area (Å²) < 4.78 is 0. The summed E-state index contributed by atoms with van der Waals surface area (Å²) in [5.74, 6) is 4.88. The Labute approximate surface area is 119 Å². The van der Waals surface area contributed by atoms with Crippen LogP contribution in [0.5, 0.6) is 0 Å². The monoisotopic (exact) mass is 277 g/mol. The maximum Gasteiger partial charge on any atom is 0.265 e. The third-order valence-corrected chi connectivity index (χ3v) is 3.93. The lowest BCUT2D eigenvalue weighted by Crippen LogP contribution is -2.35. The van der Waals surface area contributed by atoms with Crippen LogP contribution in [0.2, 0.25) is 0 Å². The summed E-state index contributed by atoms with van der Waals surface area (Å²) >= 11 is 0. The fourth-order valence-corrected chi connectivity index (χ4v) is 2.92. The van der Waals surface area contributed by atoms with Crippen molar-refractivity contribution in [3.8, 4) is 0 Å². The molecular formula is C15H23N3O2. The number of nitrogen functional groups attached to an aromatic ring is 1. The van der Waals surface area contributed by atoms with Crippen molar-refractivity contribution < 1.29 is 9.90 Å². The Kier molecular flexibility index (Phi) is 5.52. The molecule has 1 aromatic rings. The molecule has 0 heterocycles. The smallest absolute Gasteiger partial charge is 0.265 e. The van der Waals surface area contributed by atoms with Crippen molar-refractivity contribution in [3.63, 3.8) is 0 Å². The van der Waals surface area contributed by atoms with Gasteiger partial charge in [0, 0.05) is 24.7 Å². The summed E-state index contributed by atoms with van der Waals surface area (Å²) in [6.07, 6.45) is 4.93. The van der Waals surface area contributed by atoms with Crippen LogP contribution in [0.1, 0.15) is 41.6 Å². The number of hydrogen-bond acceptors (Lipinski definition) is 4. The Morgan fingerprint density at radius 1 is 1.40 bits per heavy atom. The average molecular weight is 277 g/mol. The summed E-state index contributed by atoms with van der Waals surface area (Å²) in [5, 5.41) is 9.23. The summed E-state index contributed by atoms with van der Waals surface area (Å²) in [4.78, 5) is 13.9. The second kappa shape index (κ2) is 7.38. The molecule has 4 N–H and O–H groups in total. The van der Waals surface area contributed by atoms with E-state index >= 15 is 0 Å². The highest BCUT2D eigenvalue weighted by atomic mass is 16.3. The first-order chi connectivity index (χ1) is 9.74. The minimum Gasteiger partial charge on any atom is -0.395 e. The molecule has 0 radical (unpaired) electrons. The second-order valence-electron chi connectivity index (χ2n) is 5.31. The first-order valence-corrected chi connectivity index (χ1v) is 7.19. The van der Waals surface area contributed by atoms with E-state index in [1.54, 1.807) is 6.07 Å². The van der Waals surface area contributed by atoms with E-state index < -0.39 is 0 Å². The van der Waals surface area contributed by atoms with Crippen molar-refractivity contribution in [2.45, 2.75) is 38.3 Å². The maximum absolute atomic E-state index is 11.5. The molecule has 0 aliphatic heterocycles. The normalized spacial score (nSPS) is 15.8. The molecule has 0 spiro atoms. The maximum atomic E-state index is 11.5. The Hall–Kier alpha value is -1.43. The second-order valence-corrected chi connectivity index (χ2v) is 5.31. The number of nitrogens with one attached hydrogen (secondary N) is 1. The standard InChI is InChI=1S/C15H23N3O2/c16-17-15(20)13-5-3-4-12(10-13)11-18(8-9-19)14-6-1-2-7-14/h3-5,10,14,19H,1-2,6-9,11,16H2,(H,17,20). The molecule has 1 saturated carbocycles.